The maximum atomic E-state index is 11.5. The van der Waals surface area contributed by atoms with Gasteiger partial charge in [-0.3, -0.25) is 9.79 Å². The summed E-state index contributed by atoms with van der Waals surface area (Å²) in [6.45, 7) is 8.89. The van der Waals surface area contributed by atoms with Gasteiger partial charge in [0.2, 0.25) is 5.91 Å². The van der Waals surface area contributed by atoms with Crippen LogP contribution >= 0.6 is 24.0 Å². The van der Waals surface area contributed by atoms with E-state index in [-0.39, 0.29) is 35.8 Å². The Balaban J connectivity index is 0.00000341. The van der Waals surface area contributed by atoms with E-state index in [0.717, 1.165) is 77.0 Å². The van der Waals surface area contributed by atoms with E-state index in [1.165, 1.54) is 24.8 Å². The van der Waals surface area contributed by atoms with E-state index in [1.807, 2.05) is 0 Å². The lowest BCUT2D eigenvalue weighted by Crippen LogP contribution is -2.46. The number of guanidine groups is 1. The van der Waals surface area contributed by atoms with Crippen LogP contribution in [0.1, 0.15) is 44.6 Å². The Morgan fingerprint density at radius 2 is 1.90 bits per heavy atom. The van der Waals surface area contributed by atoms with Crippen molar-refractivity contribution in [1.29, 1.82) is 0 Å². The number of carbonyl (C=O) groups excluding carboxylic acids is 1. The second-order valence-electron chi connectivity index (χ2n) is 8.75. The molecule has 0 spiro atoms. The number of benzene rings is 1. The number of carbonyl (C=O) groups is 1. The Hall–Kier alpha value is -1.35. The minimum absolute atomic E-state index is 0. The van der Waals surface area contributed by atoms with Crippen LogP contribution in [0.4, 0.5) is 0 Å². The van der Waals surface area contributed by atoms with Crippen LogP contribution in [0, 0.1) is 11.8 Å². The SMILES string of the molecule is CCNC(=NCCCN1CCCC(C(N)=O)C1)N1CCC(Cc2ccccc2)CC1.I. The topological polar surface area (TPSA) is 74.0 Å². The van der Waals surface area contributed by atoms with Crippen molar-refractivity contribution in [3.8, 4) is 0 Å². The lowest BCUT2D eigenvalue weighted by molar-refractivity contribution is -0.123. The lowest BCUT2D eigenvalue weighted by atomic mass is 9.90. The molecule has 3 rings (SSSR count). The molecule has 2 aliphatic rings. The predicted molar refractivity (Wildman–Crippen MR) is 139 cm³/mol. The molecule has 0 saturated carbocycles. The highest BCUT2D eigenvalue weighted by Gasteiger charge is 2.24. The third-order valence-corrected chi connectivity index (χ3v) is 6.42. The minimum Gasteiger partial charge on any atom is -0.369 e. The molecule has 1 aromatic rings. The molecule has 31 heavy (non-hydrogen) atoms. The number of nitrogens with one attached hydrogen (secondary N) is 1. The molecular weight excluding hydrogens is 501 g/mol. The molecule has 1 aromatic carbocycles. The van der Waals surface area contributed by atoms with Gasteiger partial charge in [-0.2, -0.15) is 0 Å². The van der Waals surface area contributed by atoms with Crippen molar-refractivity contribution in [2.75, 3.05) is 45.8 Å². The zero-order valence-electron chi connectivity index (χ0n) is 19.0. The highest BCUT2D eigenvalue weighted by molar-refractivity contribution is 14.0. The van der Waals surface area contributed by atoms with Crippen molar-refractivity contribution in [2.24, 2.45) is 22.6 Å². The smallest absolute Gasteiger partial charge is 0.221 e. The molecule has 1 atom stereocenters. The fraction of sp³-hybridized carbons (Fsp3) is 0.667. The van der Waals surface area contributed by atoms with Gasteiger partial charge in [-0.1, -0.05) is 30.3 Å². The zero-order valence-corrected chi connectivity index (χ0v) is 21.3. The van der Waals surface area contributed by atoms with Gasteiger partial charge in [0.15, 0.2) is 5.96 Å². The molecule has 1 unspecified atom stereocenters. The molecule has 0 bridgehead atoms. The second kappa shape index (κ2) is 13.9. The molecule has 2 aliphatic heterocycles. The third kappa shape index (κ3) is 8.60. The molecule has 2 saturated heterocycles. The average molecular weight is 542 g/mol. The van der Waals surface area contributed by atoms with Gasteiger partial charge >= 0.3 is 0 Å². The molecule has 2 heterocycles. The summed E-state index contributed by atoms with van der Waals surface area (Å²) in [5.74, 6) is 1.70. The van der Waals surface area contributed by atoms with Gasteiger partial charge in [-0.05, 0) is 70.0 Å². The highest BCUT2D eigenvalue weighted by Crippen LogP contribution is 2.22. The van der Waals surface area contributed by atoms with E-state index in [1.54, 1.807) is 0 Å². The monoisotopic (exact) mass is 541 g/mol. The van der Waals surface area contributed by atoms with Crippen LogP contribution in [-0.4, -0.2) is 67.5 Å². The van der Waals surface area contributed by atoms with Gasteiger partial charge in [-0.15, -0.1) is 24.0 Å². The number of hydrogen-bond acceptors (Lipinski definition) is 3. The van der Waals surface area contributed by atoms with Gasteiger partial charge < -0.3 is 20.9 Å². The summed E-state index contributed by atoms with van der Waals surface area (Å²) >= 11 is 0. The van der Waals surface area contributed by atoms with Crippen LogP contribution < -0.4 is 11.1 Å². The number of nitrogens with two attached hydrogens (primary N) is 1. The number of rotatable bonds is 8. The van der Waals surface area contributed by atoms with E-state index in [0.29, 0.717) is 0 Å². The van der Waals surface area contributed by atoms with E-state index in [4.69, 9.17) is 10.7 Å². The second-order valence-corrected chi connectivity index (χ2v) is 8.75. The summed E-state index contributed by atoms with van der Waals surface area (Å²) in [6.07, 6.45) is 6.66. The Morgan fingerprint density at radius 3 is 2.58 bits per heavy atom. The van der Waals surface area contributed by atoms with Crippen LogP contribution in [0.2, 0.25) is 0 Å². The summed E-state index contributed by atoms with van der Waals surface area (Å²) in [4.78, 5) is 21.1. The van der Waals surface area contributed by atoms with Gasteiger partial charge in [0.05, 0.1) is 5.92 Å². The number of likely N-dealkylation sites (tertiary alicyclic amines) is 2. The summed E-state index contributed by atoms with van der Waals surface area (Å²) in [6, 6.07) is 10.8. The van der Waals surface area contributed by atoms with Crippen molar-refractivity contribution in [2.45, 2.75) is 45.4 Å². The Bertz CT molecular complexity index is 676. The van der Waals surface area contributed by atoms with Crippen molar-refractivity contribution >= 4 is 35.8 Å². The van der Waals surface area contributed by atoms with Gasteiger partial charge in [0.25, 0.3) is 0 Å². The van der Waals surface area contributed by atoms with E-state index in [2.05, 4.69) is 52.4 Å². The van der Waals surface area contributed by atoms with Crippen LogP contribution in [0.3, 0.4) is 0 Å². The Labute approximate surface area is 205 Å². The Kier molecular flexibility index (Phi) is 11.6. The van der Waals surface area contributed by atoms with Crippen molar-refractivity contribution in [3.05, 3.63) is 35.9 Å². The molecule has 3 N–H and O–H groups in total. The number of piperidine rings is 2. The zero-order chi connectivity index (χ0) is 21.2. The molecule has 0 radical (unpaired) electrons. The maximum absolute atomic E-state index is 11.5. The van der Waals surface area contributed by atoms with Crippen molar-refractivity contribution in [3.63, 3.8) is 0 Å². The van der Waals surface area contributed by atoms with Gasteiger partial charge in [0, 0.05) is 32.7 Å². The first kappa shape index (κ1) is 25.9. The van der Waals surface area contributed by atoms with E-state index >= 15 is 0 Å². The summed E-state index contributed by atoms with van der Waals surface area (Å²) in [5, 5.41) is 3.48. The van der Waals surface area contributed by atoms with Gasteiger partial charge in [0.1, 0.15) is 0 Å². The first-order valence-corrected chi connectivity index (χ1v) is 11.7. The fourth-order valence-electron chi connectivity index (χ4n) is 4.69. The first-order chi connectivity index (χ1) is 14.7. The summed E-state index contributed by atoms with van der Waals surface area (Å²) in [5.41, 5.74) is 6.94. The normalized spacial score (nSPS) is 20.9. The predicted octanol–water partition coefficient (Wildman–Crippen LogP) is 3.11. The van der Waals surface area contributed by atoms with Crippen molar-refractivity contribution < 1.29 is 4.79 Å². The molecule has 174 valence electrons. The number of nitrogens with zero attached hydrogens (tertiary/aromatic N) is 3. The molecule has 1 amide bonds. The lowest BCUT2D eigenvalue weighted by Gasteiger charge is -2.34. The number of halogens is 1. The van der Waals surface area contributed by atoms with Crippen LogP contribution in [0.5, 0.6) is 0 Å². The summed E-state index contributed by atoms with van der Waals surface area (Å²) < 4.78 is 0. The highest BCUT2D eigenvalue weighted by atomic mass is 127. The number of amides is 1. The van der Waals surface area contributed by atoms with Crippen LogP contribution in [0.15, 0.2) is 35.3 Å². The molecule has 0 aliphatic carbocycles. The van der Waals surface area contributed by atoms with Crippen LogP contribution in [0.25, 0.3) is 0 Å². The fourth-order valence-corrected chi connectivity index (χ4v) is 4.69. The molecule has 0 aromatic heterocycles. The average Bonchev–Trinajstić information content (AvgIpc) is 2.77. The molecule has 2 fully saturated rings. The minimum atomic E-state index is -0.150. The summed E-state index contributed by atoms with van der Waals surface area (Å²) in [7, 11) is 0. The van der Waals surface area contributed by atoms with E-state index in [9.17, 15) is 4.79 Å². The van der Waals surface area contributed by atoms with E-state index < -0.39 is 0 Å². The van der Waals surface area contributed by atoms with Crippen molar-refractivity contribution in [1.82, 2.24) is 15.1 Å². The Morgan fingerprint density at radius 1 is 1.16 bits per heavy atom. The van der Waals surface area contributed by atoms with Gasteiger partial charge in [-0.25, -0.2) is 0 Å². The standard InChI is InChI=1S/C24H39N5O.HI/c1-2-26-24(27-13-7-15-28-14-6-10-22(19-28)23(25)30)29-16-11-21(12-17-29)18-20-8-4-3-5-9-20;/h3-5,8-9,21-22H,2,6-7,10-19H2,1H3,(H2,25,30)(H,26,27);1H. The molecule has 6 nitrogen and oxygen atoms in total. The quantitative estimate of drug-likeness (QED) is 0.230. The first-order valence-electron chi connectivity index (χ1n) is 11.7. The van der Waals surface area contributed by atoms with Crippen LogP contribution in [-0.2, 0) is 11.2 Å². The number of primary amides is 1. The number of hydrogen-bond donors (Lipinski definition) is 2. The molecule has 7 heteroatoms. The number of aliphatic imine (C=N–C) groups is 1. The molecular formula is C24H40IN5O. The largest absolute Gasteiger partial charge is 0.369 e. The third-order valence-electron chi connectivity index (χ3n) is 6.42. The maximum Gasteiger partial charge on any atom is 0.221 e.